The first-order chi connectivity index (χ1) is 7.72. The van der Waals surface area contributed by atoms with Crippen molar-refractivity contribution in [2.24, 2.45) is 11.8 Å². The minimum Gasteiger partial charge on any atom is -0.380 e. The fourth-order valence-corrected chi connectivity index (χ4v) is 2.84. The van der Waals surface area contributed by atoms with Gasteiger partial charge in [0.2, 0.25) is 0 Å². The molecule has 0 heterocycles. The van der Waals surface area contributed by atoms with Crippen LogP contribution >= 0.6 is 0 Å². The van der Waals surface area contributed by atoms with E-state index in [2.05, 4.69) is 26.1 Å². The Bertz CT molecular complexity index is 170. The lowest BCUT2D eigenvalue weighted by molar-refractivity contribution is 0.142. The third-order valence-electron chi connectivity index (χ3n) is 3.47. The van der Waals surface area contributed by atoms with Crippen molar-refractivity contribution in [1.82, 2.24) is 5.32 Å². The summed E-state index contributed by atoms with van der Waals surface area (Å²) in [6.45, 7) is 9.45. The van der Waals surface area contributed by atoms with Gasteiger partial charge in [0.1, 0.15) is 0 Å². The second kappa shape index (κ2) is 8.08. The monoisotopic (exact) mass is 227 g/mol. The summed E-state index contributed by atoms with van der Waals surface area (Å²) in [7, 11) is 0. The van der Waals surface area contributed by atoms with Crippen LogP contribution in [-0.4, -0.2) is 25.8 Å². The van der Waals surface area contributed by atoms with Gasteiger partial charge in [0, 0.05) is 19.2 Å². The lowest BCUT2D eigenvalue weighted by Gasteiger charge is -2.30. The van der Waals surface area contributed by atoms with Gasteiger partial charge in [0.25, 0.3) is 0 Å². The lowest BCUT2D eigenvalue weighted by Crippen LogP contribution is -2.36. The molecule has 2 atom stereocenters. The van der Waals surface area contributed by atoms with Gasteiger partial charge < -0.3 is 10.1 Å². The summed E-state index contributed by atoms with van der Waals surface area (Å²) in [6.07, 6.45) is 7.00. The molecule has 16 heavy (non-hydrogen) atoms. The highest BCUT2D eigenvalue weighted by molar-refractivity contribution is 4.78. The third-order valence-corrected chi connectivity index (χ3v) is 3.47. The molecular weight excluding hydrogens is 198 g/mol. The highest BCUT2D eigenvalue weighted by atomic mass is 16.5. The van der Waals surface area contributed by atoms with Crippen molar-refractivity contribution >= 4 is 0 Å². The smallest absolute Gasteiger partial charge is 0.0590 e. The molecule has 1 rings (SSSR count). The Morgan fingerprint density at radius 1 is 1.31 bits per heavy atom. The van der Waals surface area contributed by atoms with Crippen LogP contribution in [0.3, 0.4) is 0 Å². The molecule has 0 saturated heterocycles. The molecule has 1 fully saturated rings. The molecule has 0 aliphatic heterocycles. The van der Waals surface area contributed by atoms with Gasteiger partial charge in [-0.1, -0.05) is 26.7 Å². The third kappa shape index (κ3) is 5.86. The molecule has 2 heteroatoms. The second-order valence-electron chi connectivity index (χ2n) is 5.51. The van der Waals surface area contributed by atoms with Gasteiger partial charge in [0.15, 0.2) is 0 Å². The van der Waals surface area contributed by atoms with E-state index in [1.54, 1.807) is 0 Å². The van der Waals surface area contributed by atoms with E-state index in [1.807, 2.05) is 0 Å². The van der Waals surface area contributed by atoms with Crippen molar-refractivity contribution in [2.75, 3.05) is 19.8 Å². The predicted molar refractivity (Wildman–Crippen MR) is 69.7 cm³/mol. The zero-order chi connectivity index (χ0) is 11.8. The van der Waals surface area contributed by atoms with E-state index in [9.17, 15) is 0 Å². The highest BCUT2D eigenvalue weighted by Gasteiger charge is 2.21. The van der Waals surface area contributed by atoms with E-state index >= 15 is 0 Å². The van der Waals surface area contributed by atoms with Gasteiger partial charge in [-0.2, -0.15) is 0 Å². The number of rotatable bonds is 7. The number of hydrogen-bond acceptors (Lipinski definition) is 2. The van der Waals surface area contributed by atoms with Crippen LogP contribution < -0.4 is 5.32 Å². The Kier molecular flexibility index (Phi) is 7.06. The van der Waals surface area contributed by atoms with Crippen LogP contribution in [0.5, 0.6) is 0 Å². The quantitative estimate of drug-likeness (QED) is 0.674. The fourth-order valence-electron chi connectivity index (χ4n) is 2.84. The maximum Gasteiger partial charge on any atom is 0.0590 e. The van der Waals surface area contributed by atoms with Crippen molar-refractivity contribution in [2.45, 2.75) is 58.9 Å². The molecular formula is C14H29NO. The van der Waals surface area contributed by atoms with Gasteiger partial charge in [-0.05, 0) is 38.0 Å². The summed E-state index contributed by atoms with van der Waals surface area (Å²) < 4.78 is 5.35. The molecule has 0 radical (unpaired) electrons. The predicted octanol–water partition coefficient (Wildman–Crippen LogP) is 3.22. The molecule has 0 aromatic carbocycles. The van der Waals surface area contributed by atoms with E-state index in [4.69, 9.17) is 4.74 Å². The van der Waals surface area contributed by atoms with Gasteiger partial charge in [-0.15, -0.1) is 0 Å². The molecule has 0 spiro atoms. The van der Waals surface area contributed by atoms with Crippen molar-refractivity contribution in [3.63, 3.8) is 0 Å². The van der Waals surface area contributed by atoms with E-state index in [0.29, 0.717) is 0 Å². The molecule has 0 aromatic heterocycles. The van der Waals surface area contributed by atoms with Crippen LogP contribution in [0.4, 0.5) is 0 Å². The van der Waals surface area contributed by atoms with Gasteiger partial charge in [-0.25, -0.2) is 0 Å². The Hall–Kier alpha value is -0.0800. The average Bonchev–Trinajstić information content (AvgIpc) is 2.24. The maximum atomic E-state index is 5.35. The molecule has 2 nitrogen and oxygen atoms in total. The zero-order valence-electron chi connectivity index (χ0n) is 11.3. The van der Waals surface area contributed by atoms with E-state index in [0.717, 1.165) is 37.6 Å². The molecule has 1 N–H and O–H groups in total. The van der Waals surface area contributed by atoms with E-state index in [1.165, 1.54) is 32.1 Å². The fraction of sp³-hybridized carbons (Fsp3) is 1.00. The first-order valence-corrected chi connectivity index (χ1v) is 7.03. The maximum absolute atomic E-state index is 5.35. The van der Waals surface area contributed by atoms with Crippen molar-refractivity contribution in [3.8, 4) is 0 Å². The molecule has 2 unspecified atom stereocenters. The molecule has 0 bridgehead atoms. The Morgan fingerprint density at radius 3 is 2.81 bits per heavy atom. The minimum absolute atomic E-state index is 0.748. The van der Waals surface area contributed by atoms with E-state index < -0.39 is 0 Å². The van der Waals surface area contributed by atoms with Crippen LogP contribution in [0.15, 0.2) is 0 Å². The summed E-state index contributed by atoms with van der Waals surface area (Å²) in [5, 5.41) is 3.63. The van der Waals surface area contributed by atoms with Crippen LogP contribution in [0.25, 0.3) is 0 Å². The summed E-state index contributed by atoms with van der Waals surface area (Å²) in [5.41, 5.74) is 0. The minimum atomic E-state index is 0.748. The molecule has 1 aliphatic rings. The highest BCUT2D eigenvalue weighted by Crippen LogP contribution is 2.29. The van der Waals surface area contributed by atoms with Gasteiger partial charge >= 0.3 is 0 Å². The molecule has 0 amide bonds. The van der Waals surface area contributed by atoms with Gasteiger partial charge in [-0.3, -0.25) is 0 Å². The Balaban J connectivity index is 2.12. The largest absolute Gasteiger partial charge is 0.380 e. The summed E-state index contributed by atoms with van der Waals surface area (Å²) in [6, 6.07) is 0.748. The molecule has 0 aromatic rings. The number of ether oxygens (including phenoxy) is 1. The summed E-state index contributed by atoms with van der Waals surface area (Å²) in [4.78, 5) is 0. The number of hydrogen-bond donors (Lipinski definition) is 1. The second-order valence-corrected chi connectivity index (χ2v) is 5.51. The van der Waals surface area contributed by atoms with Crippen LogP contribution in [0.1, 0.15) is 52.9 Å². The summed E-state index contributed by atoms with van der Waals surface area (Å²) in [5.74, 6) is 1.81. The lowest BCUT2D eigenvalue weighted by atomic mass is 9.81. The van der Waals surface area contributed by atoms with Crippen molar-refractivity contribution in [3.05, 3.63) is 0 Å². The van der Waals surface area contributed by atoms with Crippen molar-refractivity contribution in [1.29, 1.82) is 0 Å². The molecule has 1 saturated carbocycles. The molecule has 96 valence electrons. The van der Waals surface area contributed by atoms with Crippen LogP contribution in [0.2, 0.25) is 0 Å². The Labute approximate surface area is 101 Å². The van der Waals surface area contributed by atoms with Crippen molar-refractivity contribution < 1.29 is 4.74 Å². The standard InChI is InChI=1S/C14H29NO/c1-4-16-9-8-15-14-7-5-6-13(11-14)10-12(2)3/h12-15H,4-11H2,1-3H3. The SMILES string of the molecule is CCOCCNC1CCCC(CC(C)C)C1. The first kappa shape index (κ1) is 14.0. The summed E-state index contributed by atoms with van der Waals surface area (Å²) >= 11 is 0. The van der Waals surface area contributed by atoms with Gasteiger partial charge in [0.05, 0.1) is 6.61 Å². The topological polar surface area (TPSA) is 21.3 Å². The molecule has 1 aliphatic carbocycles. The van der Waals surface area contributed by atoms with E-state index in [-0.39, 0.29) is 0 Å². The average molecular weight is 227 g/mol. The van der Waals surface area contributed by atoms with Crippen LogP contribution in [-0.2, 0) is 4.74 Å². The Morgan fingerprint density at radius 2 is 2.12 bits per heavy atom. The number of nitrogens with one attached hydrogen (secondary N) is 1. The van der Waals surface area contributed by atoms with Crippen LogP contribution in [0, 0.1) is 11.8 Å². The normalized spacial score (nSPS) is 26.2. The zero-order valence-corrected chi connectivity index (χ0v) is 11.3. The first-order valence-electron chi connectivity index (χ1n) is 7.03.